The Morgan fingerprint density at radius 2 is 1.62 bits per heavy atom. The topological polar surface area (TPSA) is 41.4 Å². The molecule has 4 rings (SSSR count). The number of hydrogen-bond acceptors (Lipinski definition) is 3. The van der Waals surface area contributed by atoms with Crippen LogP contribution in [0.15, 0.2) is 54.6 Å². The Hall–Kier alpha value is -3.15. The molecule has 3 aromatic rings. The SMILES string of the molecule is Cc1nn(-c2ccccc2)c(C)c1CC(=O)N1CCN(c2ccccc2F)CC1. The van der Waals surface area contributed by atoms with Crippen LogP contribution in [0.3, 0.4) is 0 Å². The van der Waals surface area contributed by atoms with Crippen molar-refractivity contribution >= 4 is 11.6 Å². The van der Waals surface area contributed by atoms with E-state index in [1.165, 1.54) is 6.07 Å². The number of para-hydroxylation sites is 2. The third-order valence-corrected chi connectivity index (χ3v) is 5.60. The summed E-state index contributed by atoms with van der Waals surface area (Å²) >= 11 is 0. The average molecular weight is 392 g/mol. The van der Waals surface area contributed by atoms with Crippen LogP contribution in [0, 0.1) is 19.7 Å². The van der Waals surface area contributed by atoms with Gasteiger partial charge in [-0.2, -0.15) is 5.10 Å². The molecule has 5 nitrogen and oxygen atoms in total. The van der Waals surface area contributed by atoms with Crippen LogP contribution in [0.2, 0.25) is 0 Å². The lowest BCUT2D eigenvalue weighted by Crippen LogP contribution is -2.49. The lowest BCUT2D eigenvalue weighted by molar-refractivity contribution is -0.130. The molecule has 150 valence electrons. The Morgan fingerprint density at radius 3 is 2.31 bits per heavy atom. The van der Waals surface area contributed by atoms with Crippen molar-refractivity contribution in [1.82, 2.24) is 14.7 Å². The van der Waals surface area contributed by atoms with E-state index in [9.17, 15) is 9.18 Å². The Bertz CT molecular complexity index is 1010. The monoisotopic (exact) mass is 392 g/mol. The molecule has 0 N–H and O–H groups in total. The molecule has 1 aliphatic heterocycles. The van der Waals surface area contributed by atoms with Crippen molar-refractivity contribution in [2.24, 2.45) is 0 Å². The standard InChI is InChI=1S/C23H25FN4O/c1-17-20(18(2)28(25-17)19-8-4-3-5-9-19)16-23(29)27-14-12-26(13-15-27)22-11-7-6-10-21(22)24/h3-11H,12-16H2,1-2H3. The first-order valence-electron chi connectivity index (χ1n) is 9.92. The largest absolute Gasteiger partial charge is 0.366 e. The summed E-state index contributed by atoms with van der Waals surface area (Å²) in [6, 6.07) is 16.7. The summed E-state index contributed by atoms with van der Waals surface area (Å²) in [5, 5.41) is 4.64. The number of piperazine rings is 1. The smallest absolute Gasteiger partial charge is 0.227 e. The highest BCUT2D eigenvalue weighted by atomic mass is 19.1. The van der Waals surface area contributed by atoms with Gasteiger partial charge in [-0.3, -0.25) is 4.79 Å². The minimum absolute atomic E-state index is 0.0944. The van der Waals surface area contributed by atoms with Gasteiger partial charge in [-0.05, 0) is 38.1 Å². The minimum Gasteiger partial charge on any atom is -0.366 e. The maximum absolute atomic E-state index is 14.0. The highest BCUT2D eigenvalue weighted by Crippen LogP contribution is 2.22. The van der Waals surface area contributed by atoms with Crippen LogP contribution >= 0.6 is 0 Å². The number of amides is 1. The molecule has 1 amide bonds. The van der Waals surface area contributed by atoms with E-state index >= 15 is 0 Å². The average Bonchev–Trinajstić information content (AvgIpc) is 3.03. The molecule has 0 unspecified atom stereocenters. The maximum Gasteiger partial charge on any atom is 0.227 e. The molecule has 29 heavy (non-hydrogen) atoms. The molecule has 0 spiro atoms. The van der Waals surface area contributed by atoms with E-state index in [4.69, 9.17) is 0 Å². The predicted octanol–water partition coefficient (Wildman–Crippen LogP) is 3.52. The fraction of sp³-hybridized carbons (Fsp3) is 0.304. The van der Waals surface area contributed by atoms with Gasteiger partial charge in [0.05, 0.1) is 23.5 Å². The summed E-state index contributed by atoms with van der Waals surface area (Å²) in [4.78, 5) is 16.8. The fourth-order valence-electron chi connectivity index (χ4n) is 3.92. The third kappa shape index (κ3) is 3.88. The van der Waals surface area contributed by atoms with Gasteiger partial charge in [0.15, 0.2) is 0 Å². The van der Waals surface area contributed by atoms with Crippen molar-refractivity contribution in [2.45, 2.75) is 20.3 Å². The second-order valence-corrected chi connectivity index (χ2v) is 7.39. The summed E-state index contributed by atoms with van der Waals surface area (Å²) in [7, 11) is 0. The number of carbonyl (C=O) groups is 1. The first-order chi connectivity index (χ1) is 14.0. The van der Waals surface area contributed by atoms with Crippen molar-refractivity contribution in [3.05, 3.63) is 77.4 Å². The van der Waals surface area contributed by atoms with Crippen LogP contribution in [0.5, 0.6) is 0 Å². The number of halogens is 1. The van der Waals surface area contributed by atoms with E-state index in [-0.39, 0.29) is 11.7 Å². The number of aromatic nitrogens is 2. The maximum atomic E-state index is 14.0. The molecule has 1 fully saturated rings. The van der Waals surface area contributed by atoms with E-state index in [0.717, 1.165) is 22.6 Å². The second kappa shape index (κ2) is 8.07. The van der Waals surface area contributed by atoms with Gasteiger partial charge in [-0.15, -0.1) is 0 Å². The number of anilines is 1. The summed E-state index contributed by atoms with van der Waals surface area (Å²) in [6.07, 6.45) is 0.337. The Kier molecular flexibility index (Phi) is 5.34. The normalized spacial score (nSPS) is 14.3. The van der Waals surface area contributed by atoms with Gasteiger partial charge >= 0.3 is 0 Å². The third-order valence-electron chi connectivity index (χ3n) is 5.60. The van der Waals surface area contributed by atoms with Crippen molar-refractivity contribution in [1.29, 1.82) is 0 Å². The van der Waals surface area contributed by atoms with Crippen molar-refractivity contribution in [2.75, 3.05) is 31.1 Å². The molecule has 1 aliphatic rings. The van der Waals surface area contributed by atoms with Crippen molar-refractivity contribution < 1.29 is 9.18 Å². The molecule has 2 heterocycles. The molecule has 6 heteroatoms. The molecule has 0 saturated carbocycles. The van der Waals surface area contributed by atoms with Gasteiger partial charge in [-0.25, -0.2) is 9.07 Å². The molecular weight excluding hydrogens is 367 g/mol. The van der Waals surface area contributed by atoms with Crippen LogP contribution in [0.25, 0.3) is 5.69 Å². The second-order valence-electron chi connectivity index (χ2n) is 7.39. The van der Waals surface area contributed by atoms with Gasteiger partial charge in [0.1, 0.15) is 5.82 Å². The Morgan fingerprint density at radius 1 is 0.966 bits per heavy atom. The number of carbonyl (C=O) groups excluding carboxylic acids is 1. The summed E-state index contributed by atoms with van der Waals surface area (Å²) in [5.74, 6) is -0.121. The predicted molar refractivity (Wildman–Crippen MR) is 112 cm³/mol. The van der Waals surface area contributed by atoms with Crippen molar-refractivity contribution in [3.8, 4) is 5.69 Å². The van der Waals surface area contributed by atoms with Gasteiger partial charge in [0.2, 0.25) is 5.91 Å². The van der Waals surface area contributed by atoms with Crippen LogP contribution in [-0.2, 0) is 11.2 Å². The van der Waals surface area contributed by atoms with Crippen LogP contribution in [0.4, 0.5) is 10.1 Å². The minimum atomic E-state index is -0.216. The first kappa shape index (κ1) is 19.2. The zero-order valence-electron chi connectivity index (χ0n) is 16.8. The van der Waals surface area contributed by atoms with Gasteiger partial charge in [0.25, 0.3) is 0 Å². The van der Waals surface area contributed by atoms with Crippen LogP contribution < -0.4 is 4.90 Å². The lowest BCUT2D eigenvalue weighted by Gasteiger charge is -2.36. The molecular formula is C23H25FN4O. The van der Waals surface area contributed by atoms with E-state index < -0.39 is 0 Å². The number of hydrogen-bond donors (Lipinski definition) is 0. The lowest BCUT2D eigenvalue weighted by atomic mass is 10.1. The Labute approximate surface area is 170 Å². The molecule has 0 aliphatic carbocycles. The number of rotatable bonds is 4. The van der Waals surface area contributed by atoms with Gasteiger partial charge in [0, 0.05) is 37.4 Å². The summed E-state index contributed by atoms with van der Waals surface area (Å²) in [5.41, 5.74) is 4.45. The molecule has 0 bridgehead atoms. The highest BCUT2D eigenvalue weighted by Gasteiger charge is 2.24. The van der Waals surface area contributed by atoms with Crippen LogP contribution in [-0.4, -0.2) is 46.8 Å². The quantitative estimate of drug-likeness (QED) is 0.682. The molecule has 1 aromatic heterocycles. The molecule has 0 radical (unpaired) electrons. The molecule has 0 atom stereocenters. The van der Waals surface area contributed by atoms with E-state index in [2.05, 4.69) is 5.10 Å². The zero-order chi connectivity index (χ0) is 20.4. The first-order valence-corrected chi connectivity index (χ1v) is 9.92. The number of benzene rings is 2. The summed E-state index contributed by atoms with van der Waals surface area (Å²) in [6.45, 7) is 6.41. The van der Waals surface area contributed by atoms with E-state index in [0.29, 0.717) is 38.3 Å². The highest BCUT2D eigenvalue weighted by molar-refractivity contribution is 5.79. The fourth-order valence-corrected chi connectivity index (χ4v) is 3.92. The van der Waals surface area contributed by atoms with Crippen LogP contribution in [0.1, 0.15) is 17.0 Å². The van der Waals surface area contributed by atoms with Gasteiger partial charge < -0.3 is 9.80 Å². The molecule has 2 aromatic carbocycles. The van der Waals surface area contributed by atoms with Gasteiger partial charge in [-0.1, -0.05) is 30.3 Å². The summed E-state index contributed by atoms with van der Waals surface area (Å²) < 4.78 is 15.9. The number of nitrogens with zero attached hydrogens (tertiary/aromatic N) is 4. The van der Waals surface area contributed by atoms with Crippen molar-refractivity contribution in [3.63, 3.8) is 0 Å². The molecule has 1 saturated heterocycles. The Balaban J connectivity index is 1.43. The number of aryl methyl sites for hydroxylation is 1. The zero-order valence-corrected chi connectivity index (χ0v) is 16.8. The van der Waals surface area contributed by atoms with E-state index in [1.54, 1.807) is 12.1 Å². The van der Waals surface area contributed by atoms with E-state index in [1.807, 2.05) is 64.7 Å².